The van der Waals surface area contributed by atoms with Gasteiger partial charge in [0.1, 0.15) is 0 Å². The summed E-state index contributed by atoms with van der Waals surface area (Å²) in [5.41, 5.74) is 0. The van der Waals surface area contributed by atoms with Crippen LogP contribution in [0.3, 0.4) is 0 Å². The number of thiocarbonyl (C=S) groups is 1. The molecular weight excluding hydrogens is 237 g/mol. The summed E-state index contributed by atoms with van der Waals surface area (Å²) in [6, 6.07) is 0. The fourth-order valence-electron chi connectivity index (χ4n) is 0.487. The molecule has 0 aliphatic heterocycles. The molecule has 0 aliphatic rings. The van der Waals surface area contributed by atoms with Gasteiger partial charge < -0.3 is 0 Å². The molecule has 0 bridgehead atoms. The van der Waals surface area contributed by atoms with Crippen molar-refractivity contribution in [3.8, 4) is 0 Å². The molecule has 1 nitrogen and oxygen atoms in total. The molecule has 9 heavy (non-hydrogen) atoms. The number of nitrogens with zero attached hydrogens (tertiary/aromatic N) is 1. The van der Waals surface area contributed by atoms with E-state index in [2.05, 4.69) is 29.3 Å². The third-order valence-electron chi connectivity index (χ3n) is 0.938. The third kappa shape index (κ3) is 11.9. The average Bonchev–Trinajstić information content (AvgIpc) is 1.81. The maximum atomic E-state index is 4.38. The number of hydrogen-bond acceptors (Lipinski definition) is 2. The molecule has 0 atom stereocenters. The second kappa shape index (κ2) is 11.4. The van der Waals surface area contributed by atoms with Crippen molar-refractivity contribution in [3.63, 3.8) is 0 Å². The average molecular weight is 252 g/mol. The van der Waals surface area contributed by atoms with Crippen LogP contribution >= 0.6 is 12.2 Å². The van der Waals surface area contributed by atoms with Gasteiger partial charge in [0.25, 0.3) is 0 Å². The Balaban J connectivity index is 0. The zero-order valence-electron chi connectivity index (χ0n) is 5.18. The summed E-state index contributed by atoms with van der Waals surface area (Å²) in [5, 5.41) is 2.33. The predicted octanol–water partition coefficient (Wildman–Crippen LogP) is 0.828. The number of rotatable bonds is 4. The van der Waals surface area contributed by atoms with Crippen molar-refractivity contribution < 1.29 is 0 Å². The first-order chi connectivity index (χ1) is 3.91. The van der Waals surface area contributed by atoms with Gasteiger partial charge in [-0.3, -0.25) is 0 Å². The Labute approximate surface area is 78.9 Å². The molecule has 0 aromatic rings. The maximum absolute atomic E-state index is 4.38. The number of unbranched alkanes of at least 4 members (excludes halogenated alkanes) is 2. The molecule has 54 valence electrons. The Bertz CT molecular complexity index is 89.1. The van der Waals surface area contributed by atoms with Gasteiger partial charge in [-0.2, -0.15) is 0 Å². The molecule has 0 aliphatic carbocycles. The van der Waals surface area contributed by atoms with E-state index >= 15 is 0 Å². The van der Waals surface area contributed by atoms with Crippen molar-refractivity contribution in [3.05, 3.63) is 0 Å². The van der Waals surface area contributed by atoms with E-state index < -0.39 is 0 Å². The topological polar surface area (TPSA) is 12.4 Å². The first-order valence-electron chi connectivity index (χ1n) is 2.95. The molecule has 0 rings (SSSR count). The molecule has 0 saturated carbocycles. The van der Waals surface area contributed by atoms with Crippen molar-refractivity contribution in [2.75, 3.05) is 6.54 Å². The number of hydrogen-bond donors (Lipinski definition) is 0. The number of aliphatic imine (C=N–C) groups is 1. The van der Waals surface area contributed by atoms with Crippen molar-refractivity contribution in [1.29, 1.82) is 0 Å². The summed E-state index contributed by atoms with van der Waals surface area (Å²) >= 11 is 4.38. The Morgan fingerprint density at radius 2 is 2.11 bits per heavy atom. The molecule has 0 fully saturated rings. The van der Waals surface area contributed by atoms with Gasteiger partial charge in [0.2, 0.25) is 0 Å². The fourth-order valence-corrected chi connectivity index (χ4v) is 0.578. The van der Waals surface area contributed by atoms with Crippen molar-refractivity contribution >= 4 is 41.3 Å². The van der Waals surface area contributed by atoms with Crippen molar-refractivity contribution in [2.24, 2.45) is 4.99 Å². The molecular formula is C6H15NSSn. The molecule has 0 spiro atoms. The predicted molar refractivity (Wildman–Crippen MR) is 50.8 cm³/mol. The first-order valence-corrected chi connectivity index (χ1v) is 3.36. The SMILES string of the molecule is CCCCCN=C=S.[SnH4]. The van der Waals surface area contributed by atoms with E-state index in [1.54, 1.807) is 0 Å². The Morgan fingerprint density at radius 3 is 2.56 bits per heavy atom. The van der Waals surface area contributed by atoms with E-state index in [1.165, 1.54) is 12.8 Å². The van der Waals surface area contributed by atoms with E-state index in [0.29, 0.717) is 0 Å². The van der Waals surface area contributed by atoms with Gasteiger partial charge in [-0.15, -0.1) is 0 Å². The molecule has 0 N–H and O–H groups in total. The van der Waals surface area contributed by atoms with Crippen LogP contribution in [0.5, 0.6) is 0 Å². The third-order valence-corrected chi connectivity index (χ3v) is 1.07. The van der Waals surface area contributed by atoms with Crippen LogP contribution in [-0.4, -0.2) is 35.6 Å². The monoisotopic (exact) mass is 253 g/mol. The van der Waals surface area contributed by atoms with Crippen molar-refractivity contribution in [2.45, 2.75) is 26.2 Å². The summed E-state index contributed by atoms with van der Waals surface area (Å²) in [7, 11) is 0. The van der Waals surface area contributed by atoms with Gasteiger partial charge in [-0.25, -0.2) is 4.99 Å². The van der Waals surface area contributed by atoms with Gasteiger partial charge in [0, 0.05) is 6.54 Å². The summed E-state index contributed by atoms with van der Waals surface area (Å²) < 4.78 is 0. The molecule has 0 amide bonds. The minimum absolute atomic E-state index is 0. The van der Waals surface area contributed by atoms with Crippen LogP contribution in [0, 0.1) is 0 Å². The van der Waals surface area contributed by atoms with Crippen LogP contribution in [0.4, 0.5) is 0 Å². The van der Waals surface area contributed by atoms with Crippen LogP contribution in [0.2, 0.25) is 0 Å². The fraction of sp³-hybridized carbons (Fsp3) is 0.833. The van der Waals surface area contributed by atoms with Gasteiger partial charge >= 0.3 is 23.9 Å². The van der Waals surface area contributed by atoms with E-state index in [0.717, 1.165) is 13.0 Å². The zero-order chi connectivity index (χ0) is 6.24. The number of isothiocyanates is 1. The summed E-state index contributed by atoms with van der Waals surface area (Å²) in [6.45, 7) is 3.03. The van der Waals surface area contributed by atoms with E-state index in [-0.39, 0.29) is 23.9 Å². The van der Waals surface area contributed by atoms with Crippen LogP contribution in [0.1, 0.15) is 26.2 Å². The minimum atomic E-state index is 0. The Hall–Kier alpha value is 0.599. The summed E-state index contributed by atoms with van der Waals surface area (Å²) in [4.78, 5) is 3.77. The van der Waals surface area contributed by atoms with Crippen LogP contribution in [0.15, 0.2) is 4.99 Å². The molecule has 0 radical (unpaired) electrons. The van der Waals surface area contributed by atoms with E-state index in [9.17, 15) is 0 Å². The van der Waals surface area contributed by atoms with Crippen LogP contribution in [0.25, 0.3) is 0 Å². The van der Waals surface area contributed by atoms with Gasteiger partial charge in [-0.1, -0.05) is 19.8 Å². The van der Waals surface area contributed by atoms with Gasteiger partial charge in [0.15, 0.2) is 0 Å². The second-order valence-electron chi connectivity index (χ2n) is 1.68. The zero-order valence-corrected chi connectivity index (χ0v) is 6.00. The second-order valence-corrected chi connectivity index (χ2v) is 1.86. The van der Waals surface area contributed by atoms with Crippen molar-refractivity contribution in [1.82, 2.24) is 0 Å². The summed E-state index contributed by atoms with van der Waals surface area (Å²) in [6.07, 6.45) is 3.65. The quantitative estimate of drug-likeness (QED) is 0.312. The molecule has 0 saturated heterocycles. The molecule has 3 heteroatoms. The molecule has 0 unspecified atom stereocenters. The first kappa shape index (κ1) is 12.3. The molecule has 0 aromatic heterocycles. The van der Waals surface area contributed by atoms with Crippen LogP contribution < -0.4 is 0 Å². The normalized spacial score (nSPS) is 7.22. The molecule has 0 aromatic carbocycles. The molecule has 0 heterocycles. The Morgan fingerprint density at radius 1 is 1.44 bits per heavy atom. The summed E-state index contributed by atoms with van der Waals surface area (Å²) in [5.74, 6) is 0. The van der Waals surface area contributed by atoms with Crippen LogP contribution in [-0.2, 0) is 0 Å². The Kier molecular flexibility index (Phi) is 15.6. The van der Waals surface area contributed by atoms with Gasteiger partial charge in [0.05, 0.1) is 5.16 Å². The van der Waals surface area contributed by atoms with Gasteiger partial charge in [-0.05, 0) is 18.6 Å². The van der Waals surface area contributed by atoms with E-state index in [1.807, 2.05) is 0 Å². The standard InChI is InChI=1S/C6H11NS.Sn.4H/c1-2-3-4-5-7-6-8;;;;;/h2-5H2,1H3;;;;;. The van der Waals surface area contributed by atoms with E-state index in [4.69, 9.17) is 0 Å².